The van der Waals surface area contributed by atoms with Crippen molar-refractivity contribution in [3.8, 4) is 5.75 Å². The zero-order chi connectivity index (χ0) is 12.7. The Bertz CT molecular complexity index is 458. The number of hydrogen-bond acceptors (Lipinski definition) is 3. The van der Waals surface area contributed by atoms with E-state index in [9.17, 15) is 4.79 Å². The quantitative estimate of drug-likeness (QED) is 0.366. The lowest BCUT2D eigenvalue weighted by molar-refractivity contribution is 0.0697. The number of aromatic carboxylic acids is 1. The second-order valence-electron chi connectivity index (χ2n) is 3.11. The van der Waals surface area contributed by atoms with Crippen LogP contribution < -0.4 is 4.74 Å². The Labute approximate surface area is 102 Å². The number of rotatable bonds is 6. The number of ether oxygens (including phenoxy) is 1. The predicted molar refractivity (Wildman–Crippen MR) is 62.5 cm³/mol. The Kier molecular flexibility index (Phi) is 5.13. The predicted octanol–water partition coefficient (Wildman–Crippen LogP) is 3.12. The molecule has 0 radical (unpaired) electrons. The van der Waals surface area contributed by atoms with Crippen molar-refractivity contribution in [1.82, 2.24) is 0 Å². The highest BCUT2D eigenvalue weighted by Crippen LogP contribution is 2.25. The van der Waals surface area contributed by atoms with Gasteiger partial charge in [0.15, 0.2) is 0 Å². The number of azide groups is 1. The topological polar surface area (TPSA) is 95.3 Å². The Morgan fingerprint density at radius 3 is 2.94 bits per heavy atom. The van der Waals surface area contributed by atoms with Crippen molar-refractivity contribution in [3.05, 3.63) is 39.2 Å². The molecule has 0 bridgehead atoms. The van der Waals surface area contributed by atoms with Crippen LogP contribution in [0.1, 0.15) is 16.8 Å². The summed E-state index contributed by atoms with van der Waals surface area (Å²) < 4.78 is 5.31. The van der Waals surface area contributed by atoms with Gasteiger partial charge in [-0.05, 0) is 30.2 Å². The highest BCUT2D eigenvalue weighted by atomic mass is 35.5. The molecule has 0 spiro atoms. The molecule has 1 aromatic carbocycles. The van der Waals surface area contributed by atoms with Gasteiger partial charge in [0, 0.05) is 11.5 Å². The molecule has 0 saturated carbocycles. The maximum atomic E-state index is 10.7. The molecule has 0 aromatic heterocycles. The first kappa shape index (κ1) is 13.2. The second-order valence-corrected chi connectivity index (χ2v) is 3.51. The largest absolute Gasteiger partial charge is 0.492 e. The summed E-state index contributed by atoms with van der Waals surface area (Å²) in [5, 5.41) is 12.3. The van der Waals surface area contributed by atoms with Gasteiger partial charge in [0.1, 0.15) is 5.75 Å². The van der Waals surface area contributed by atoms with E-state index in [4.69, 9.17) is 27.0 Å². The summed E-state index contributed by atoms with van der Waals surface area (Å²) in [7, 11) is 0. The van der Waals surface area contributed by atoms with Crippen LogP contribution in [0.15, 0.2) is 23.3 Å². The molecule has 0 fully saturated rings. The zero-order valence-electron chi connectivity index (χ0n) is 8.84. The minimum absolute atomic E-state index is 0.108. The summed E-state index contributed by atoms with van der Waals surface area (Å²) in [6.07, 6.45) is 0.571. The lowest BCUT2D eigenvalue weighted by Gasteiger charge is -2.07. The van der Waals surface area contributed by atoms with Gasteiger partial charge in [0.2, 0.25) is 0 Å². The molecule has 17 heavy (non-hydrogen) atoms. The van der Waals surface area contributed by atoms with E-state index in [0.717, 1.165) is 0 Å². The van der Waals surface area contributed by atoms with Gasteiger partial charge in [-0.3, -0.25) is 0 Å². The van der Waals surface area contributed by atoms with Crippen LogP contribution in [0.3, 0.4) is 0 Å². The Balaban J connectivity index is 2.54. The third kappa shape index (κ3) is 4.22. The summed E-state index contributed by atoms with van der Waals surface area (Å²) in [5.74, 6) is -0.626. The van der Waals surface area contributed by atoms with Crippen LogP contribution in [-0.2, 0) is 0 Å². The normalized spacial score (nSPS) is 9.47. The van der Waals surface area contributed by atoms with Crippen LogP contribution in [0.2, 0.25) is 5.02 Å². The van der Waals surface area contributed by atoms with Crippen molar-refractivity contribution in [1.29, 1.82) is 0 Å². The highest BCUT2D eigenvalue weighted by molar-refractivity contribution is 6.32. The first-order valence-electron chi connectivity index (χ1n) is 4.81. The summed E-state index contributed by atoms with van der Waals surface area (Å²) in [6, 6.07) is 4.24. The van der Waals surface area contributed by atoms with Crippen molar-refractivity contribution in [3.63, 3.8) is 0 Å². The molecule has 0 atom stereocenters. The van der Waals surface area contributed by atoms with E-state index < -0.39 is 5.97 Å². The summed E-state index contributed by atoms with van der Waals surface area (Å²) in [4.78, 5) is 13.3. The molecule has 0 aliphatic rings. The maximum absolute atomic E-state index is 10.7. The van der Waals surface area contributed by atoms with Gasteiger partial charge in [-0.15, -0.1) is 0 Å². The molecule has 7 heteroatoms. The van der Waals surface area contributed by atoms with E-state index in [1.807, 2.05) is 0 Å². The van der Waals surface area contributed by atoms with Gasteiger partial charge in [-0.2, -0.15) is 0 Å². The van der Waals surface area contributed by atoms with Gasteiger partial charge >= 0.3 is 5.97 Å². The van der Waals surface area contributed by atoms with Crippen LogP contribution in [-0.4, -0.2) is 24.2 Å². The lowest BCUT2D eigenvalue weighted by atomic mass is 10.2. The molecule has 0 saturated heterocycles. The summed E-state index contributed by atoms with van der Waals surface area (Å²) >= 11 is 5.84. The number of carboxylic acid groups (broad SMARTS) is 1. The van der Waals surface area contributed by atoms with Gasteiger partial charge in [0.05, 0.1) is 17.2 Å². The second kappa shape index (κ2) is 6.62. The van der Waals surface area contributed by atoms with E-state index in [1.54, 1.807) is 0 Å². The van der Waals surface area contributed by atoms with Crippen LogP contribution in [0.4, 0.5) is 0 Å². The summed E-state index contributed by atoms with van der Waals surface area (Å²) in [6.45, 7) is 0.701. The molecular formula is C10H10ClN3O3. The fourth-order valence-electron chi connectivity index (χ4n) is 1.11. The molecule has 1 rings (SSSR count). The lowest BCUT2D eigenvalue weighted by Crippen LogP contribution is -2.01. The van der Waals surface area contributed by atoms with Gasteiger partial charge < -0.3 is 9.84 Å². The standard InChI is InChI=1S/C10H10ClN3O3/c11-8-6-7(10(15)16)2-3-9(8)17-5-1-4-13-14-12/h2-3,6H,1,4-5H2,(H,15,16). The number of carbonyl (C=O) groups is 1. The number of nitrogens with zero attached hydrogens (tertiary/aromatic N) is 3. The van der Waals surface area contributed by atoms with E-state index in [-0.39, 0.29) is 10.6 Å². The third-order valence-corrected chi connectivity index (χ3v) is 2.20. The number of benzene rings is 1. The third-order valence-electron chi connectivity index (χ3n) is 1.90. The Morgan fingerprint density at radius 1 is 1.59 bits per heavy atom. The van der Waals surface area contributed by atoms with E-state index in [0.29, 0.717) is 25.3 Å². The molecule has 0 aliphatic carbocycles. The van der Waals surface area contributed by atoms with E-state index >= 15 is 0 Å². The fourth-order valence-corrected chi connectivity index (χ4v) is 1.35. The molecule has 0 aliphatic heterocycles. The number of carboxylic acids is 1. The van der Waals surface area contributed by atoms with Crippen molar-refractivity contribution >= 4 is 17.6 Å². The van der Waals surface area contributed by atoms with Crippen LogP contribution in [0.5, 0.6) is 5.75 Å². The van der Waals surface area contributed by atoms with Crippen molar-refractivity contribution in [2.75, 3.05) is 13.2 Å². The van der Waals surface area contributed by atoms with E-state index in [2.05, 4.69) is 10.0 Å². The first-order valence-corrected chi connectivity index (χ1v) is 5.19. The number of hydrogen-bond donors (Lipinski definition) is 1. The number of halogens is 1. The molecule has 6 nitrogen and oxygen atoms in total. The SMILES string of the molecule is [N-]=[N+]=NCCCOc1ccc(C(=O)O)cc1Cl. The molecule has 90 valence electrons. The van der Waals surface area contributed by atoms with Crippen molar-refractivity contribution in [2.24, 2.45) is 5.11 Å². The smallest absolute Gasteiger partial charge is 0.335 e. The Hall–Kier alpha value is -1.91. The fraction of sp³-hybridized carbons (Fsp3) is 0.300. The molecule has 0 heterocycles. The van der Waals surface area contributed by atoms with Crippen molar-refractivity contribution in [2.45, 2.75) is 6.42 Å². The Morgan fingerprint density at radius 2 is 2.35 bits per heavy atom. The van der Waals surface area contributed by atoms with Crippen molar-refractivity contribution < 1.29 is 14.6 Å². The first-order chi connectivity index (χ1) is 8.15. The minimum Gasteiger partial charge on any atom is -0.492 e. The monoisotopic (exact) mass is 255 g/mol. The molecule has 0 unspecified atom stereocenters. The summed E-state index contributed by atoms with van der Waals surface area (Å²) in [5.41, 5.74) is 8.16. The van der Waals surface area contributed by atoms with Crippen LogP contribution in [0, 0.1) is 0 Å². The zero-order valence-corrected chi connectivity index (χ0v) is 9.59. The van der Waals surface area contributed by atoms with Crippen LogP contribution in [0.25, 0.3) is 10.4 Å². The highest BCUT2D eigenvalue weighted by Gasteiger charge is 2.07. The molecule has 0 amide bonds. The average Bonchev–Trinajstić information content (AvgIpc) is 2.30. The van der Waals surface area contributed by atoms with Gasteiger partial charge in [-0.25, -0.2) is 4.79 Å². The van der Waals surface area contributed by atoms with E-state index in [1.165, 1.54) is 18.2 Å². The minimum atomic E-state index is -1.04. The average molecular weight is 256 g/mol. The molecule has 1 N–H and O–H groups in total. The van der Waals surface area contributed by atoms with Gasteiger partial charge in [-0.1, -0.05) is 16.7 Å². The van der Waals surface area contributed by atoms with Gasteiger partial charge in [0.25, 0.3) is 0 Å². The van der Waals surface area contributed by atoms with Crippen LogP contribution >= 0.6 is 11.6 Å². The maximum Gasteiger partial charge on any atom is 0.335 e. The molecule has 1 aromatic rings. The molecular weight excluding hydrogens is 246 g/mol.